The number of hydrogen-bond donors (Lipinski definition) is 2. The van der Waals surface area contributed by atoms with Crippen molar-refractivity contribution in [2.75, 3.05) is 24.2 Å². The Labute approximate surface area is 116 Å². The molecule has 0 unspecified atom stereocenters. The lowest BCUT2D eigenvalue weighted by Crippen LogP contribution is -2.22. The molecule has 0 bridgehead atoms. The molecule has 0 spiro atoms. The highest BCUT2D eigenvalue weighted by Crippen LogP contribution is 2.20. The van der Waals surface area contributed by atoms with Crippen LogP contribution in [0.1, 0.15) is 5.56 Å². The summed E-state index contributed by atoms with van der Waals surface area (Å²) in [5.41, 5.74) is 8.43. The van der Waals surface area contributed by atoms with Gasteiger partial charge in [-0.15, -0.1) is 0 Å². The molecule has 0 aliphatic heterocycles. The third-order valence-electron chi connectivity index (χ3n) is 3.22. The summed E-state index contributed by atoms with van der Waals surface area (Å²) < 4.78 is 0. The van der Waals surface area contributed by atoms with E-state index < -0.39 is 0 Å². The summed E-state index contributed by atoms with van der Waals surface area (Å²) in [6, 6.07) is 10.4. The zero-order valence-corrected chi connectivity index (χ0v) is 11.2. The Kier molecular flexibility index (Phi) is 3.20. The number of benzene rings is 1. The minimum atomic E-state index is 0.242. The molecular weight excluding hydrogens is 252 g/mol. The van der Waals surface area contributed by atoms with Crippen LogP contribution in [0, 0.1) is 0 Å². The molecule has 1 aromatic carbocycles. The standard InChI is InChI=1S/C14H16N6/c1-20(8-7-10-5-3-2-4-6-10)13-11-12(17-9-16-11)18-14(15)19-13/h2-6,9H,7-8H2,1H3,(H3,15,16,17,18,19). The Morgan fingerprint density at radius 1 is 1.20 bits per heavy atom. The van der Waals surface area contributed by atoms with E-state index in [-0.39, 0.29) is 5.95 Å². The number of nitrogens with one attached hydrogen (secondary N) is 1. The third-order valence-corrected chi connectivity index (χ3v) is 3.22. The van der Waals surface area contributed by atoms with Gasteiger partial charge in [-0.1, -0.05) is 30.3 Å². The van der Waals surface area contributed by atoms with Gasteiger partial charge < -0.3 is 15.6 Å². The molecule has 0 aliphatic rings. The van der Waals surface area contributed by atoms with Gasteiger partial charge in [-0.25, -0.2) is 4.98 Å². The van der Waals surface area contributed by atoms with Gasteiger partial charge in [0.05, 0.1) is 6.33 Å². The van der Waals surface area contributed by atoms with Crippen LogP contribution in [0.15, 0.2) is 36.7 Å². The summed E-state index contributed by atoms with van der Waals surface area (Å²) in [4.78, 5) is 17.7. The van der Waals surface area contributed by atoms with Crippen LogP contribution in [0.25, 0.3) is 11.2 Å². The second-order valence-corrected chi connectivity index (χ2v) is 4.66. The first-order chi connectivity index (χ1) is 9.74. The third kappa shape index (κ3) is 2.40. The highest BCUT2D eigenvalue weighted by Gasteiger charge is 2.12. The average molecular weight is 268 g/mol. The number of H-pyrrole nitrogens is 1. The monoisotopic (exact) mass is 268 g/mol. The molecule has 0 aliphatic carbocycles. The summed E-state index contributed by atoms with van der Waals surface area (Å²) in [7, 11) is 1.99. The van der Waals surface area contributed by atoms with Crippen molar-refractivity contribution in [3.05, 3.63) is 42.2 Å². The number of aromatic amines is 1. The normalized spacial score (nSPS) is 10.8. The smallest absolute Gasteiger partial charge is 0.224 e. The number of fused-ring (bicyclic) bond motifs is 1. The summed E-state index contributed by atoms with van der Waals surface area (Å²) >= 11 is 0. The lowest BCUT2D eigenvalue weighted by Gasteiger charge is -2.18. The highest BCUT2D eigenvalue weighted by atomic mass is 15.2. The van der Waals surface area contributed by atoms with E-state index in [2.05, 4.69) is 37.0 Å². The van der Waals surface area contributed by atoms with Crippen molar-refractivity contribution in [3.8, 4) is 0 Å². The summed E-state index contributed by atoms with van der Waals surface area (Å²) in [6.07, 6.45) is 2.55. The van der Waals surface area contributed by atoms with Crippen LogP contribution in [0.5, 0.6) is 0 Å². The van der Waals surface area contributed by atoms with Gasteiger partial charge in [0.15, 0.2) is 11.5 Å². The second-order valence-electron chi connectivity index (χ2n) is 4.66. The molecule has 2 heterocycles. The highest BCUT2D eigenvalue weighted by molar-refractivity contribution is 5.83. The second kappa shape index (κ2) is 5.16. The van der Waals surface area contributed by atoms with Crippen LogP contribution in [0.2, 0.25) is 0 Å². The first-order valence-corrected chi connectivity index (χ1v) is 6.45. The fourth-order valence-corrected chi connectivity index (χ4v) is 2.16. The van der Waals surface area contributed by atoms with Crippen molar-refractivity contribution in [2.45, 2.75) is 6.42 Å². The van der Waals surface area contributed by atoms with Gasteiger partial charge in [0.2, 0.25) is 5.95 Å². The number of imidazole rings is 1. The zero-order valence-electron chi connectivity index (χ0n) is 11.2. The zero-order chi connectivity index (χ0) is 13.9. The number of aromatic nitrogens is 4. The fourth-order valence-electron chi connectivity index (χ4n) is 2.16. The van der Waals surface area contributed by atoms with Gasteiger partial charge in [-0.2, -0.15) is 9.97 Å². The molecular formula is C14H16N6. The van der Waals surface area contributed by atoms with Gasteiger partial charge in [0.1, 0.15) is 5.52 Å². The molecule has 3 N–H and O–H groups in total. The maximum atomic E-state index is 5.73. The number of hydrogen-bond acceptors (Lipinski definition) is 5. The van der Waals surface area contributed by atoms with Crippen molar-refractivity contribution < 1.29 is 0 Å². The van der Waals surface area contributed by atoms with Crippen LogP contribution in [-0.4, -0.2) is 33.5 Å². The van der Waals surface area contributed by atoms with E-state index >= 15 is 0 Å². The van der Waals surface area contributed by atoms with Crippen LogP contribution in [0.3, 0.4) is 0 Å². The van der Waals surface area contributed by atoms with Gasteiger partial charge in [0, 0.05) is 13.6 Å². The van der Waals surface area contributed by atoms with Crippen molar-refractivity contribution in [3.63, 3.8) is 0 Å². The molecule has 3 rings (SSSR count). The SMILES string of the molecule is CN(CCc1ccccc1)c1nc(N)nc2nc[nH]c12. The summed E-state index contributed by atoms with van der Waals surface area (Å²) in [5.74, 6) is 1.02. The molecule has 3 aromatic rings. The Hall–Kier alpha value is -2.63. The lowest BCUT2D eigenvalue weighted by atomic mass is 10.1. The lowest BCUT2D eigenvalue weighted by molar-refractivity contribution is 0.862. The largest absolute Gasteiger partial charge is 0.368 e. The predicted molar refractivity (Wildman–Crippen MR) is 79.5 cm³/mol. The molecule has 6 heteroatoms. The fraction of sp³-hybridized carbons (Fsp3) is 0.214. The Balaban J connectivity index is 1.82. The van der Waals surface area contributed by atoms with Crippen molar-refractivity contribution in [2.24, 2.45) is 0 Å². The maximum absolute atomic E-state index is 5.73. The summed E-state index contributed by atoms with van der Waals surface area (Å²) in [5, 5.41) is 0. The van der Waals surface area contributed by atoms with Crippen LogP contribution in [0.4, 0.5) is 11.8 Å². The van der Waals surface area contributed by atoms with Gasteiger partial charge >= 0.3 is 0 Å². The molecule has 0 fully saturated rings. The molecule has 0 radical (unpaired) electrons. The number of rotatable bonds is 4. The van der Waals surface area contributed by atoms with E-state index in [0.29, 0.717) is 5.65 Å². The van der Waals surface area contributed by atoms with E-state index in [9.17, 15) is 0 Å². The Bertz CT molecular complexity index is 706. The van der Waals surface area contributed by atoms with Crippen molar-refractivity contribution >= 4 is 22.9 Å². The van der Waals surface area contributed by atoms with E-state index in [1.54, 1.807) is 6.33 Å². The van der Waals surface area contributed by atoms with E-state index in [1.165, 1.54) is 5.56 Å². The Morgan fingerprint density at radius 2 is 2.00 bits per heavy atom. The molecule has 0 atom stereocenters. The molecule has 102 valence electrons. The van der Waals surface area contributed by atoms with Crippen molar-refractivity contribution in [1.82, 2.24) is 19.9 Å². The van der Waals surface area contributed by atoms with E-state index in [1.807, 2.05) is 25.2 Å². The Morgan fingerprint density at radius 3 is 2.80 bits per heavy atom. The van der Waals surface area contributed by atoms with Gasteiger partial charge in [-0.3, -0.25) is 0 Å². The van der Waals surface area contributed by atoms with Crippen LogP contribution in [-0.2, 0) is 6.42 Å². The van der Waals surface area contributed by atoms with Gasteiger partial charge in [0.25, 0.3) is 0 Å². The predicted octanol–water partition coefficient (Wildman–Crippen LogP) is 1.61. The first kappa shape index (κ1) is 12.4. The van der Waals surface area contributed by atoms with E-state index in [4.69, 9.17) is 5.73 Å². The van der Waals surface area contributed by atoms with Crippen LogP contribution >= 0.6 is 0 Å². The van der Waals surface area contributed by atoms with Crippen molar-refractivity contribution in [1.29, 1.82) is 0 Å². The molecule has 0 saturated heterocycles. The number of nitrogens with zero attached hydrogens (tertiary/aromatic N) is 4. The maximum Gasteiger partial charge on any atom is 0.224 e. The van der Waals surface area contributed by atoms with Gasteiger partial charge in [-0.05, 0) is 12.0 Å². The molecule has 6 nitrogen and oxygen atoms in total. The van der Waals surface area contributed by atoms with E-state index in [0.717, 1.165) is 24.3 Å². The number of nitrogens with two attached hydrogens (primary N) is 1. The number of anilines is 2. The van der Waals surface area contributed by atoms with Crippen LogP contribution < -0.4 is 10.6 Å². The minimum Gasteiger partial charge on any atom is -0.368 e. The minimum absolute atomic E-state index is 0.242. The molecule has 0 saturated carbocycles. The molecule has 2 aromatic heterocycles. The number of nitrogen functional groups attached to an aromatic ring is 1. The first-order valence-electron chi connectivity index (χ1n) is 6.45. The quantitative estimate of drug-likeness (QED) is 0.751. The topological polar surface area (TPSA) is 83.7 Å². The average Bonchev–Trinajstić information content (AvgIpc) is 2.93. The summed E-state index contributed by atoms with van der Waals surface area (Å²) in [6.45, 7) is 0.842. The molecule has 20 heavy (non-hydrogen) atoms. The molecule has 0 amide bonds. The number of likely N-dealkylation sites (N-methyl/N-ethyl adjacent to an activating group) is 1.